The molecule has 3 aliphatic carbocycles. The molecule has 4 aliphatic rings. The largest absolute Gasteiger partial charge is 0.334 e. The molecule has 1 aliphatic heterocycles. The van der Waals surface area contributed by atoms with Gasteiger partial charge >= 0.3 is 0 Å². The molecule has 4 heterocycles. The molecule has 0 atom stereocenters. The van der Waals surface area contributed by atoms with Crippen molar-refractivity contribution in [3.63, 3.8) is 0 Å². The van der Waals surface area contributed by atoms with Crippen LogP contribution in [-0.4, -0.2) is 41.4 Å². The number of hydrogen-bond donors (Lipinski definition) is 0. The van der Waals surface area contributed by atoms with Crippen molar-refractivity contribution < 1.29 is 4.79 Å². The Morgan fingerprint density at radius 2 is 1.88 bits per heavy atom. The maximum atomic E-state index is 13.2. The van der Waals surface area contributed by atoms with E-state index in [1.807, 2.05) is 17.9 Å². The maximum Gasteiger partial charge on any atom is 0.223 e. The molecule has 3 aromatic heterocycles. The fourth-order valence-electron chi connectivity index (χ4n) is 5.41. The van der Waals surface area contributed by atoms with Crippen LogP contribution < -0.4 is 0 Å². The molecule has 0 spiro atoms. The zero-order valence-electron chi connectivity index (χ0n) is 19.0. The summed E-state index contributed by atoms with van der Waals surface area (Å²) in [4.78, 5) is 20.1. The Balaban J connectivity index is 1.38. The Morgan fingerprint density at radius 3 is 2.70 bits per heavy atom. The maximum absolute atomic E-state index is 13.2. The molecule has 0 aromatic carbocycles. The van der Waals surface area contributed by atoms with Gasteiger partial charge in [0.05, 0.1) is 23.6 Å². The summed E-state index contributed by atoms with van der Waals surface area (Å²) in [6, 6.07) is 2.63. The second-order valence-electron chi connectivity index (χ2n) is 10.0. The third-order valence-corrected chi connectivity index (χ3v) is 7.43. The van der Waals surface area contributed by atoms with E-state index in [-0.39, 0.29) is 5.91 Å². The summed E-state index contributed by atoms with van der Waals surface area (Å²) in [6.07, 6.45) is 15.4. The number of allylic oxidation sites excluding steroid dienone is 1. The first-order valence-corrected chi connectivity index (χ1v) is 12.2. The van der Waals surface area contributed by atoms with Crippen LogP contribution in [0, 0.1) is 0 Å². The fourth-order valence-corrected chi connectivity index (χ4v) is 5.41. The summed E-state index contributed by atoms with van der Waals surface area (Å²) in [5.74, 6) is 0.799. The lowest BCUT2D eigenvalue weighted by atomic mass is 9.97. The molecule has 7 heteroatoms. The van der Waals surface area contributed by atoms with Gasteiger partial charge in [-0.25, -0.2) is 0 Å². The monoisotopic (exact) mass is 440 g/mol. The van der Waals surface area contributed by atoms with Gasteiger partial charge in [-0.05, 0) is 43.7 Å². The van der Waals surface area contributed by atoms with Gasteiger partial charge in [0.2, 0.25) is 5.91 Å². The molecule has 1 amide bonds. The second kappa shape index (κ2) is 7.14. The topological polar surface area (TPSA) is 68.8 Å². The molecule has 168 valence electrons. The molecular weight excluding hydrogens is 412 g/mol. The van der Waals surface area contributed by atoms with Crippen molar-refractivity contribution >= 4 is 11.5 Å². The number of rotatable bonds is 2. The van der Waals surface area contributed by atoms with Crippen LogP contribution in [0.3, 0.4) is 0 Å². The highest BCUT2D eigenvalue weighted by molar-refractivity contribution is 5.87. The number of amides is 1. The van der Waals surface area contributed by atoms with Crippen LogP contribution in [-0.2, 0) is 31.4 Å². The Kier molecular flexibility index (Phi) is 4.17. The minimum atomic E-state index is 0.231. The standard InChI is InChI=1S/C26H28N6O/c1-30-13-21-17-11-20-19(8-9-23(20)27-12-17)22-14-31(29-26(22)16-4-5-16)10-2-3-25(33)32(18-6-7-18)15-24(21)28-30/h8,11-14,16,18H,2-7,9-10,15H2,1H3. The molecule has 0 radical (unpaired) electrons. The molecule has 0 saturated heterocycles. The smallest absolute Gasteiger partial charge is 0.223 e. The van der Waals surface area contributed by atoms with Gasteiger partial charge in [0, 0.05) is 79.2 Å². The molecule has 0 unspecified atom stereocenters. The minimum Gasteiger partial charge on any atom is -0.334 e. The van der Waals surface area contributed by atoms with Crippen molar-refractivity contribution in [2.24, 2.45) is 7.05 Å². The van der Waals surface area contributed by atoms with E-state index in [9.17, 15) is 4.79 Å². The van der Waals surface area contributed by atoms with E-state index in [0.717, 1.165) is 54.7 Å². The average Bonchev–Trinajstić information content (AvgIpc) is 3.72. The molecule has 7 rings (SSSR count). The van der Waals surface area contributed by atoms with Gasteiger partial charge in [-0.1, -0.05) is 6.08 Å². The van der Waals surface area contributed by atoms with Crippen LogP contribution in [0.5, 0.6) is 0 Å². The number of carbonyl (C=O) groups excluding carboxylic acids is 1. The fraction of sp³-hybridized carbons (Fsp3) is 0.462. The first-order valence-electron chi connectivity index (χ1n) is 12.2. The Labute approximate surface area is 193 Å². The zero-order chi connectivity index (χ0) is 22.1. The summed E-state index contributed by atoms with van der Waals surface area (Å²) in [5.41, 5.74) is 9.20. The van der Waals surface area contributed by atoms with Crippen LogP contribution in [0.4, 0.5) is 0 Å². The van der Waals surface area contributed by atoms with E-state index < -0.39 is 0 Å². The van der Waals surface area contributed by atoms with Gasteiger partial charge in [0.15, 0.2) is 0 Å². The lowest BCUT2D eigenvalue weighted by Gasteiger charge is -2.22. The van der Waals surface area contributed by atoms with Crippen LogP contribution in [0.25, 0.3) is 16.7 Å². The third-order valence-electron chi connectivity index (χ3n) is 7.43. The molecule has 3 aromatic rings. The van der Waals surface area contributed by atoms with Crippen molar-refractivity contribution in [3.05, 3.63) is 58.9 Å². The predicted molar refractivity (Wildman–Crippen MR) is 124 cm³/mol. The number of fused-ring (bicyclic) bond motifs is 6. The molecule has 4 bridgehead atoms. The number of nitrogens with zero attached hydrogens (tertiary/aromatic N) is 6. The summed E-state index contributed by atoms with van der Waals surface area (Å²) in [7, 11) is 1.96. The van der Waals surface area contributed by atoms with Gasteiger partial charge in [-0.2, -0.15) is 10.2 Å². The van der Waals surface area contributed by atoms with Crippen molar-refractivity contribution in [3.8, 4) is 11.1 Å². The SMILES string of the molecule is Cn1cc2c(n1)CN(C1CC1)C(=O)CCCn1cc(c(C3CC3)n1)C1=CCc3ncc-2cc31. The molecule has 33 heavy (non-hydrogen) atoms. The lowest BCUT2D eigenvalue weighted by molar-refractivity contribution is -0.132. The van der Waals surface area contributed by atoms with Crippen molar-refractivity contribution in [1.82, 2.24) is 29.4 Å². The highest BCUT2D eigenvalue weighted by Crippen LogP contribution is 2.45. The first-order chi connectivity index (χ1) is 16.1. The Bertz CT molecular complexity index is 1310. The zero-order valence-corrected chi connectivity index (χ0v) is 19.0. The van der Waals surface area contributed by atoms with E-state index in [0.29, 0.717) is 24.9 Å². The van der Waals surface area contributed by atoms with E-state index in [1.165, 1.54) is 35.2 Å². The van der Waals surface area contributed by atoms with E-state index in [1.54, 1.807) is 0 Å². The number of hydrogen-bond acceptors (Lipinski definition) is 4. The van der Waals surface area contributed by atoms with Crippen LogP contribution in [0.1, 0.15) is 72.7 Å². The number of aromatic nitrogens is 5. The van der Waals surface area contributed by atoms with Gasteiger partial charge in [-0.3, -0.25) is 19.1 Å². The normalized spacial score (nSPS) is 20.3. The minimum absolute atomic E-state index is 0.231. The van der Waals surface area contributed by atoms with Gasteiger partial charge in [0.25, 0.3) is 0 Å². The molecule has 7 nitrogen and oxygen atoms in total. The van der Waals surface area contributed by atoms with E-state index >= 15 is 0 Å². The predicted octanol–water partition coefficient (Wildman–Crippen LogP) is 3.83. The molecule has 2 fully saturated rings. The van der Waals surface area contributed by atoms with E-state index in [2.05, 4.69) is 34.1 Å². The van der Waals surface area contributed by atoms with Crippen molar-refractivity contribution in [2.75, 3.05) is 0 Å². The Hall–Kier alpha value is -3.22. The van der Waals surface area contributed by atoms with Gasteiger partial charge in [-0.15, -0.1) is 0 Å². The highest BCUT2D eigenvalue weighted by atomic mass is 16.2. The van der Waals surface area contributed by atoms with Gasteiger partial charge < -0.3 is 4.90 Å². The van der Waals surface area contributed by atoms with E-state index in [4.69, 9.17) is 15.2 Å². The number of carbonyl (C=O) groups is 1. The van der Waals surface area contributed by atoms with Crippen LogP contribution in [0.2, 0.25) is 0 Å². The molecule has 0 N–H and O–H groups in total. The lowest BCUT2D eigenvalue weighted by Crippen LogP contribution is -2.33. The number of pyridine rings is 1. The average molecular weight is 441 g/mol. The third kappa shape index (κ3) is 3.33. The second-order valence-corrected chi connectivity index (χ2v) is 10.0. The quantitative estimate of drug-likeness (QED) is 0.607. The summed E-state index contributed by atoms with van der Waals surface area (Å²) in [5, 5.41) is 9.76. The van der Waals surface area contributed by atoms with Crippen molar-refractivity contribution in [1.29, 1.82) is 0 Å². The summed E-state index contributed by atoms with van der Waals surface area (Å²) >= 11 is 0. The highest BCUT2D eigenvalue weighted by Gasteiger charge is 2.35. The van der Waals surface area contributed by atoms with Crippen LogP contribution >= 0.6 is 0 Å². The number of aryl methyl sites for hydroxylation is 2. The summed E-state index contributed by atoms with van der Waals surface area (Å²) < 4.78 is 3.94. The van der Waals surface area contributed by atoms with Gasteiger partial charge in [0.1, 0.15) is 0 Å². The summed E-state index contributed by atoms with van der Waals surface area (Å²) in [6.45, 7) is 1.34. The van der Waals surface area contributed by atoms with Crippen molar-refractivity contribution in [2.45, 2.75) is 70.0 Å². The first kappa shape index (κ1) is 19.3. The molecule has 2 saturated carbocycles. The van der Waals surface area contributed by atoms with Crippen LogP contribution in [0.15, 0.2) is 30.7 Å². The Morgan fingerprint density at radius 1 is 1.00 bits per heavy atom. The molecular formula is C26H28N6O.